The lowest BCUT2D eigenvalue weighted by Crippen LogP contribution is -2.29. The Morgan fingerprint density at radius 1 is 1.05 bits per heavy atom. The van der Waals surface area contributed by atoms with Crippen LogP contribution in [0, 0.1) is 0 Å². The largest absolute Gasteiger partial charge is 0.342 e. The highest BCUT2D eigenvalue weighted by Gasteiger charge is 2.11. The minimum absolute atomic E-state index is 0.106. The average Bonchev–Trinajstić information content (AvgIpc) is 2.37. The van der Waals surface area contributed by atoms with Crippen molar-refractivity contribution in [1.82, 2.24) is 9.80 Å². The van der Waals surface area contributed by atoms with Crippen LogP contribution in [0.5, 0.6) is 0 Å². The number of amides is 1. The monoisotopic (exact) mass is 262 g/mol. The van der Waals surface area contributed by atoms with E-state index in [4.69, 9.17) is 0 Å². The summed E-state index contributed by atoms with van der Waals surface area (Å²) >= 11 is 0. The molecule has 0 aromatic heterocycles. The minimum Gasteiger partial charge on any atom is -0.342 e. The van der Waals surface area contributed by atoms with Gasteiger partial charge in [-0.1, -0.05) is 26.0 Å². The lowest BCUT2D eigenvalue weighted by atomic mass is 10.0. The standard InChI is InChI=1S/C16H26N2O/c1-13(2)14-7-9-15(10-8-14)16(19)18(5)12-6-11-17(3)4/h7-10,13H,6,11-12H2,1-5H3. The van der Waals surface area contributed by atoms with E-state index in [0.29, 0.717) is 5.92 Å². The van der Waals surface area contributed by atoms with Crippen LogP contribution in [0.1, 0.15) is 42.1 Å². The van der Waals surface area contributed by atoms with Crippen LogP contribution in [0.2, 0.25) is 0 Å². The molecule has 0 N–H and O–H groups in total. The third-order valence-corrected chi connectivity index (χ3v) is 3.27. The maximum absolute atomic E-state index is 12.2. The van der Waals surface area contributed by atoms with E-state index in [-0.39, 0.29) is 5.91 Å². The zero-order valence-electron chi connectivity index (χ0n) is 12.8. The van der Waals surface area contributed by atoms with Crippen LogP contribution in [-0.2, 0) is 0 Å². The van der Waals surface area contributed by atoms with Gasteiger partial charge in [-0.3, -0.25) is 4.79 Å². The van der Waals surface area contributed by atoms with Gasteiger partial charge in [-0.25, -0.2) is 0 Å². The van der Waals surface area contributed by atoms with Crippen molar-refractivity contribution in [3.05, 3.63) is 35.4 Å². The highest BCUT2D eigenvalue weighted by Crippen LogP contribution is 2.15. The first-order chi connectivity index (χ1) is 8.91. The zero-order valence-corrected chi connectivity index (χ0v) is 12.8. The number of hydrogen-bond acceptors (Lipinski definition) is 2. The second-order valence-electron chi connectivity index (χ2n) is 5.66. The Morgan fingerprint density at radius 3 is 2.11 bits per heavy atom. The first-order valence-electron chi connectivity index (χ1n) is 6.92. The number of rotatable bonds is 6. The summed E-state index contributed by atoms with van der Waals surface area (Å²) in [5.41, 5.74) is 2.04. The van der Waals surface area contributed by atoms with Gasteiger partial charge in [-0.05, 0) is 50.7 Å². The molecule has 0 spiro atoms. The Bertz CT molecular complexity index is 396. The molecule has 1 rings (SSSR count). The van der Waals surface area contributed by atoms with Crippen LogP contribution in [0.25, 0.3) is 0 Å². The van der Waals surface area contributed by atoms with E-state index in [1.165, 1.54) is 5.56 Å². The summed E-state index contributed by atoms with van der Waals surface area (Å²) in [5.74, 6) is 0.607. The van der Waals surface area contributed by atoms with Gasteiger partial charge in [0.15, 0.2) is 0 Å². The molecule has 106 valence electrons. The van der Waals surface area contributed by atoms with Gasteiger partial charge in [0.05, 0.1) is 0 Å². The van der Waals surface area contributed by atoms with Gasteiger partial charge in [-0.2, -0.15) is 0 Å². The van der Waals surface area contributed by atoms with Gasteiger partial charge in [0.2, 0.25) is 0 Å². The van der Waals surface area contributed by atoms with Gasteiger partial charge in [0.1, 0.15) is 0 Å². The number of carbonyl (C=O) groups excluding carboxylic acids is 1. The van der Waals surface area contributed by atoms with Gasteiger partial charge in [-0.15, -0.1) is 0 Å². The Hall–Kier alpha value is -1.35. The number of hydrogen-bond donors (Lipinski definition) is 0. The van der Waals surface area contributed by atoms with E-state index in [0.717, 1.165) is 25.1 Å². The number of carbonyl (C=O) groups is 1. The van der Waals surface area contributed by atoms with Gasteiger partial charge < -0.3 is 9.80 Å². The van der Waals surface area contributed by atoms with Crippen LogP contribution in [0.4, 0.5) is 0 Å². The fraction of sp³-hybridized carbons (Fsp3) is 0.562. The molecule has 0 atom stereocenters. The molecule has 0 saturated heterocycles. The number of nitrogens with zero attached hydrogens (tertiary/aromatic N) is 2. The van der Waals surface area contributed by atoms with Crippen molar-refractivity contribution >= 4 is 5.91 Å². The van der Waals surface area contributed by atoms with Crippen molar-refractivity contribution in [2.24, 2.45) is 0 Å². The Labute approximate surface area is 117 Å². The van der Waals surface area contributed by atoms with Crippen LogP contribution in [0.15, 0.2) is 24.3 Å². The summed E-state index contributed by atoms with van der Waals surface area (Å²) in [7, 11) is 5.97. The van der Waals surface area contributed by atoms with Crippen molar-refractivity contribution in [2.75, 3.05) is 34.2 Å². The molecule has 19 heavy (non-hydrogen) atoms. The summed E-state index contributed by atoms with van der Waals surface area (Å²) in [5, 5.41) is 0. The second-order valence-corrected chi connectivity index (χ2v) is 5.66. The fourth-order valence-corrected chi connectivity index (χ4v) is 1.96. The zero-order chi connectivity index (χ0) is 14.4. The summed E-state index contributed by atoms with van der Waals surface area (Å²) in [6, 6.07) is 7.96. The average molecular weight is 262 g/mol. The molecule has 1 aromatic carbocycles. The molecule has 0 aliphatic rings. The van der Waals surface area contributed by atoms with Gasteiger partial charge in [0.25, 0.3) is 5.91 Å². The predicted molar refractivity (Wildman–Crippen MR) is 80.7 cm³/mol. The summed E-state index contributed by atoms with van der Waals surface area (Å²) in [4.78, 5) is 16.1. The lowest BCUT2D eigenvalue weighted by molar-refractivity contribution is 0.0790. The molecule has 0 bridgehead atoms. The molecule has 0 radical (unpaired) electrons. The second kappa shape index (κ2) is 7.29. The van der Waals surface area contributed by atoms with E-state index < -0.39 is 0 Å². The van der Waals surface area contributed by atoms with Crippen molar-refractivity contribution in [3.63, 3.8) is 0 Å². The fourth-order valence-electron chi connectivity index (χ4n) is 1.96. The Balaban J connectivity index is 2.56. The van der Waals surface area contributed by atoms with E-state index in [1.54, 1.807) is 4.90 Å². The molecule has 0 heterocycles. The van der Waals surface area contributed by atoms with E-state index >= 15 is 0 Å². The third-order valence-electron chi connectivity index (χ3n) is 3.27. The first-order valence-corrected chi connectivity index (χ1v) is 6.92. The normalized spacial score (nSPS) is 11.1. The molecule has 0 saturated carbocycles. The summed E-state index contributed by atoms with van der Waals surface area (Å²) in [6.07, 6.45) is 0.999. The van der Waals surface area contributed by atoms with Gasteiger partial charge in [0, 0.05) is 19.2 Å². The molecule has 3 heteroatoms. The highest BCUT2D eigenvalue weighted by atomic mass is 16.2. The van der Waals surface area contributed by atoms with E-state index in [2.05, 4.69) is 18.7 Å². The molecule has 0 unspecified atom stereocenters. The minimum atomic E-state index is 0.106. The van der Waals surface area contributed by atoms with Crippen molar-refractivity contribution in [1.29, 1.82) is 0 Å². The summed E-state index contributed by atoms with van der Waals surface area (Å²) < 4.78 is 0. The van der Waals surface area contributed by atoms with E-state index in [9.17, 15) is 4.79 Å². The quantitative estimate of drug-likeness (QED) is 0.787. The van der Waals surface area contributed by atoms with Crippen molar-refractivity contribution in [2.45, 2.75) is 26.2 Å². The first kappa shape index (κ1) is 15.7. The SMILES string of the molecule is CC(C)c1ccc(C(=O)N(C)CCCN(C)C)cc1. The molecule has 3 nitrogen and oxygen atoms in total. The molecular weight excluding hydrogens is 236 g/mol. The lowest BCUT2D eigenvalue weighted by Gasteiger charge is -2.19. The third kappa shape index (κ3) is 5.03. The maximum Gasteiger partial charge on any atom is 0.253 e. The molecule has 1 amide bonds. The van der Waals surface area contributed by atoms with Crippen molar-refractivity contribution in [3.8, 4) is 0 Å². The van der Waals surface area contributed by atoms with Crippen LogP contribution < -0.4 is 0 Å². The number of benzene rings is 1. The maximum atomic E-state index is 12.2. The Kier molecular flexibility index (Phi) is 6.03. The smallest absolute Gasteiger partial charge is 0.253 e. The van der Waals surface area contributed by atoms with Crippen LogP contribution in [-0.4, -0.2) is 49.9 Å². The molecule has 1 aromatic rings. The van der Waals surface area contributed by atoms with Gasteiger partial charge >= 0.3 is 0 Å². The molecule has 0 aliphatic heterocycles. The van der Waals surface area contributed by atoms with Crippen molar-refractivity contribution < 1.29 is 4.79 Å². The summed E-state index contributed by atoms with van der Waals surface area (Å²) in [6.45, 7) is 6.11. The highest BCUT2D eigenvalue weighted by molar-refractivity contribution is 5.94. The van der Waals surface area contributed by atoms with E-state index in [1.807, 2.05) is 45.4 Å². The molecular formula is C16H26N2O. The topological polar surface area (TPSA) is 23.6 Å². The van der Waals surface area contributed by atoms with Crippen LogP contribution >= 0.6 is 0 Å². The predicted octanol–water partition coefficient (Wildman–Crippen LogP) is 2.83. The molecule has 0 aliphatic carbocycles. The molecule has 0 fully saturated rings. The van der Waals surface area contributed by atoms with Crippen LogP contribution in [0.3, 0.4) is 0 Å². The Morgan fingerprint density at radius 2 is 1.63 bits per heavy atom.